The number of rotatable bonds is 1. The monoisotopic (exact) mass is 305 g/mol. The number of fused-ring (bicyclic) bond motifs is 1. The van der Waals surface area contributed by atoms with E-state index in [9.17, 15) is 4.79 Å². The van der Waals surface area contributed by atoms with E-state index in [0.29, 0.717) is 13.2 Å². The third-order valence-corrected chi connectivity index (χ3v) is 3.90. The molecule has 0 aliphatic carbocycles. The molecule has 1 aliphatic rings. The zero-order valence-electron chi connectivity index (χ0n) is 9.94. The van der Waals surface area contributed by atoms with Crippen molar-refractivity contribution in [2.45, 2.75) is 13.2 Å². The number of ether oxygens (including phenoxy) is 1. The fraction of sp³-hybridized carbons (Fsp3) is 0.214. The summed E-state index contributed by atoms with van der Waals surface area (Å²) >= 11 is 3.47. The van der Waals surface area contributed by atoms with Gasteiger partial charge in [-0.25, -0.2) is 0 Å². The van der Waals surface area contributed by atoms with Crippen molar-refractivity contribution in [2.75, 3.05) is 0 Å². The number of hydrogen-bond donors (Lipinski definition) is 0. The van der Waals surface area contributed by atoms with Gasteiger partial charge in [-0.2, -0.15) is 0 Å². The Balaban J connectivity index is 2.25. The predicted octanol–water partition coefficient (Wildman–Crippen LogP) is 2.85. The van der Waals surface area contributed by atoms with Crippen molar-refractivity contribution in [3.63, 3.8) is 0 Å². The fourth-order valence-electron chi connectivity index (χ4n) is 2.26. The summed E-state index contributed by atoms with van der Waals surface area (Å²) in [5, 5.41) is 0. The summed E-state index contributed by atoms with van der Waals surface area (Å²) in [6.07, 6.45) is 1.86. The van der Waals surface area contributed by atoms with E-state index >= 15 is 0 Å². The second-order valence-corrected chi connectivity index (χ2v) is 5.27. The highest BCUT2D eigenvalue weighted by molar-refractivity contribution is 9.10. The highest BCUT2D eigenvalue weighted by Crippen LogP contribution is 2.34. The summed E-state index contributed by atoms with van der Waals surface area (Å²) < 4.78 is 7.90. The van der Waals surface area contributed by atoms with Gasteiger partial charge in [0, 0.05) is 29.3 Å². The molecule has 0 radical (unpaired) electrons. The quantitative estimate of drug-likeness (QED) is 0.811. The van der Waals surface area contributed by atoms with Gasteiger partial charge >= 0.3 is 0 Å². The molecule has 0 amide bonds. The number of aromatic nitrogens is 1. The Labute approximate surface area is 113 Å². The van der Waals surface area contributed by atoms with Gasteiger partial charge in [0.05, 0.1) is 13.2 Å². The van der Waals surface area contributed by atoms with E-state index in [4.69, 9.17) is 4.74 Å². The average Bonchev–Trinajstić information content (AvgIpc) is 2.82. The lowest BCUT2D eigenvalue weighted by Crippen LogP contribution is -2.15. The summed E-state index contributed by atoms with van der Waals surface area (Å²) in [7, 11) is 1.76. The number of aryl methyl sites for hydroxylation is 1. The van der Waals surface area contributed by atoms with Crippen molar-refractivity contribution >= 4 is 15.9 Å². The maximum atomic E-state index is 11.6. The lowest BCUT2D eigenvalue weighted by Gasteiger charge is -2.10. The zero-order valence-corrected chi connectivity index (χ0v) is 11.5. The van der Waals surface area contributed by atoms with Crippen molar-refractivity contribution in [1.29, 1.82) is 0 Å². The van der Waals surface area contributed by atoms with Gasteiger partial charge in [0.25, 0.3) is 5.56 Å². The Bertz CT molecular complexity index is 676. The van der Waals surface area contributed by atoms with Gasteiger partial charge in [0.1, 0.15) is 0 Å². The topological polar surface area (TPSA) is 31.2 Å². The van der Waals surface area contributed by atoms with E-state index in [2.05, 4.69) is 28.1 Å². The molecule has 0 saturated carbocycles. The van der Waals surface area contributed by atoms with Crippen LogP contribution in [0.3, 0.4) is 0 Å². The van der Waals surface area contributed by atoms with Crippen molar-refractivity contribution in [1.82, 2.24) is 4.57 Å². The molecule has 0 saturated heterocycles. The van der Waals surface area contributed by atoms with Crippen LogP contribution in [0.25, 0.3) is 11.1 Å². The first kappa shape index (κ1) is 11.7. The fourth-order valence-corrected chi connectivity index (χ4v) is 2.77. The Morgan fingerprint density at radius 3 is 2.94 bits per heavy atom. The van der Waals surface area contributed by atoms with Gasteiger partial charge < -0.3 is 9.30 Å². The van der Waals surface area contributed by atoms with Crippen molar-refractivity contribution in [3.8, 4) is 11.1 Å². The highest BCUT2D eigenvalue weighted by atomic mass is 79.9. The lowest BCUT2D eigenvalue weighted by molar-refractivity contribution is 0.134. The molecule has 0 unspecified atom stereocenters. The Kier molecular flexibility index (Phi) is 2.84. The molecule has 4 heteroatoms. The van der Waals surface area contributed by atoms with Crippen LogP contribution in [0.15, 0.2) is 39.7 Å². The summed E-state index contributed by atoms with van der Waals surface area (Å²) in [5.41, 5.74) is 4.59. The molecule has 1 aliphatic heterocycles. The number of pyridine rings is 1. The summed E-state index contributed by atoms with van der Waals surface area (Å²) in [6, 6.07) is 7.78. The minimum Gasteiger partial charge on any atom is -0.372 e. The van der Waals surface area contributed by atoms with Crippen LogP contribution in [0.4, 0.5) is 0 Å². The second kappa shape index (κ2) is 4.37. The zero-order chi connectivity index (χ0) is 12.7. The molecule has 0 atom stereocenters. The molecular formula is C14H12BrNO2. The highest BCUT2D eigenvalue weighted by Gasteiger charge is 2.17. The van der Waals surface area contributed by atoms with Gasteiger partial charge in [-0.15, -0.1) is 0 Å². The van der Waals surface area contributed by atoms with Crippen LogP contribution in [-0.4, -0.2) is 4.57 Å². The molecular weight excluding hydrogens is 294 g/mol. The normalized spacial score (nSPS) is 13.7. The van der Waals surface area contributed by atoms with E-state index in [1.165, 1.54) is 11.1 Å². The third-order valence-electron chi connectivity index (χ3n) is 3.25. The standard InChI is InChI=1S/C14H12BrNO2/c1-16-6-11(13(15)5-14(16)17)10-4-2-3-9-7-18-8-12(9)10/h2-6H,7-8H2,1H3. The van der Waals surface area contributed by atoms with Crippen LogP contribution in [0, 0.1) is 0 Å². The first-order chi connectivity index (χ1) is 8.66. The van der Waals surface area contributed by atoms with Crippen molar-refractivity contribution < 1.29 is 4.74 Å². The molecule has 0 spiro atoms. The third kappa shape index (κ3) is 1.82. The molecule has 18 heavy (non-hydrogen) atoms. The summed E-state index contributed by atoms with van der Waals surface area (Å²) in [6.45, 7) is 1.31. The van der Waals surface area contributed by atoms with Crippen LogP contribution in [0.5, 0.6) is 0 Å². The van der Waals surface area contributed by atoms with Crippen LogP contribution in [-0.2, 0) is 25.0 Å². The van der Waals surface area contributed by atoms with E-state index < -0.39 is 0 Å². The van der Waals surface area contributed by atoms with Gasteiger partial charge in [-0.05, 0) is 32.6 Å². The van der Waals surface area contributed by atoms with Crippen molar-refractivity contribution in [2.24, 2.45) is 7.05 Å². The number of nitrogens with zero attached hydrogens (tertiary/aromatic N) is 1. The average molecular weight is 306 g/mol. The number of hydrogen-bond acceptors (Lipinski definition) is 2. The van der Waals surface area contributed by atoms with Gasteiger partial charge in [-0.1, -0.05) is 18.2 Å². The van der Waals surface area contributed by atoms with E-state index in [1.807, 2.05) is 12.3 Å². The van der Waals surface area contributed by atoms with E-state index in [0.717, 1.165) is 15.6 Å². The largest absolute Gasteiger partial charge is 0.372 e. The van der Waals surface area contributed by atoms with Crippen LogP contribution < -0.4 is 5.56 Å². The first-order valence-electron chi connectivity index (χ1n) is 5.72. The summed E-state index contributed by atoms with van der Waals surface area (Å²) in [5.74, 6) is 0. The summed E-state index contributed by atoms with van der Waals surface area (Å²) in [4.78, 5) is 11.6. The maximum absolute atomic E-state index is 11.6. The molecule has 2 aromatic rings. The van der Waals surface area contributed by atoms with Crippen molar-refractivity contribution in [3.05, 3.63) is 56.4 Å². The molecule has 0 bridgehead atoms. The molecule has 1 aromatic heterocycles. The van der Waals surface area contributed by atoms with E-state index in [-0.39, 0.29) is 5.56 Å². The molecule has 0 fully saturated rings. The van der Waals surface area contributed by atoms with Gasteiger partial charge in [-0.3, -0.25) is 4.79 Å². The minimum absolute atomic E-state index is 0.0190. The first-order valence-corrected chi connectivity index (χ1v) is 6.51. The number of benzene rings is 1. The van der Waals surface area contributed by atoms with Crippen LogP contribution in [0.2, 0.25) is 0 Å². The predicted molar refractivity (Wildman–Crippen MR) is 73.3 cm³/mol. The molecule has 1 aromatic carbocycles. The molecule has 2 heterocycles. The minimum atomic E-state index is -0.0190. The Hall–Kier alpha value is -1.39. The lowest BCUT2D eigenvalue weighted by atomic mass is 9.98. The van der Waals surface area contributed by atoms with Gasteiger partial charge in [0.2, 0.25) is 0 Å². The van der Waals surface area contributed by atoms with E-state index in [1.54, 1.807) is 17.7 Å². The molecule has 0 N–H and O–H groups in total. The Morgan fingerprint density at radius 1 is 1.28 bits per heavy atom. The molecule has 3 nitrogen and oxygen atoms in total. The Morgan fingerprint density at radius 2 is 2.11 bits per heavy atom. The van der Waals surface area contributed by atoms with Gasteiger partial charge in [0.15, 0.2) is 0 Å². The number of halogens is 1. The molecule has 92 valence electrons. The molecule has 3 rings (SSSR count). The SMILES string of the molecule is Cn1cc(-c2cccc3c2COC3)c(Br)cc1=O. The van der Waals surface area contributed by atoms with Crippen LogP contribution >= 0.6 is 15.9 Å². The second-order valence-electron chi connectivity index (χ2n) is 4.42. The smallest absolute Gasteiger partial charge is 0.251 e. The van der Waals surface area contributed by atoms with Crippen LogP contribution in [0.1, 0.15) is 11.1 Å². The maximum Gasteiger partial charge on any atom is 0.251 e.